The Kier molecular flexibility index (Phi) is 5.03. The number of aryl methyl sites for hydroxylation is 1. The third-order valence-electron chi connectivity index (χ3n) is 2.63. The summed E-state index contributed by atoms with van der Waals surface area (Å²) in [5.41, 5.74) is 1.06. The number of aromatic nitrogens is 2. The van der Waals surface area contributed by atoms with Gasteiger partial charge in [0.25, 0.3) is 5.56 Å². The fourth-order valence-electron chi connectivity index (χ4n) is 1.60. The maximum atomic E-state index is 12.0. The summed E-state index contributed by atoms with van der Waals surface area (Å²) < 4.78 is 1.70. The van der Waals surface area contributed by atoms with Crippen LogP contribution in [0.15, 0.2) is 33.7 Å². The summed E-state index contributed by atoms with van der Waals surface area (Å²) in [5, 5.41) is 6.36. The average molecular weight is 391 g/mol. The largest absolute Gasteiger partial charge is 0.323 e. The van der Waals surface area contributed by atoms with Gasteiger partial charge in [-0.2, -0.15) is 5.10 Å². The molecule has 1 heterocycles. The Morgan fingerprint density at radius 2 is 2.14 bits per heavy atom. The Labute approximate surface area is 139 Å². The Morgan fingerprint density at radius 1 is 1.43 bits per heavy atom. The molecule has 1 aromatic heterocycles. The molecule has 0 unspecified atom stereocenters. The molecule has 8 heteroatoms. The molecule has 0 aliphatic rings. The number of benzene rings is 1. The van der Waals surface area contributed by atoms with Crippen LogP contribution in [-0.4, -0.2) is 15.7 Å². The molecule has 0 saturated carbocycles. The van der Waals surface area contributed by atoms with Crippen LogP contribution in [0.25, 0.3) is 0 Å². The second kappa shape index (κ2) is 6.60. The molecule has 0 aliphatic heterocycles. The second-order valence-electron chi connectivity index (χ2n) is 4.30. The molecular formula is C13H10BrCl2N3O2. The molecule has 1 N–H and O–H groups in total. The van der Waals surface area contributed by atoms with Crippen molar-refractivity contribution in [3.63, 3.8) is 0 Å². The molecule has 0 atom stereocenters. The summed E-state index contributed by atoms with van der Waals surface area (Å²) in [5.74, 6) is -0.396. The van der Waals surface area contributed by atoms with E-state index < -0.39 is 11.5 Å². The van der Waals surface area contributed by atoms with E-state index in [1.54, 1.807) is 6.07 Å². The fourth-order valence-corrected chi connectivity index (χ4v) is 2.47. The minimum absolute atomic E-state index is 0.0552. The standard InChI is InChI=1S/C13H10BrCl2N3O2/c1-7-2-3-10(8(14)4-7)18-11(20)6-19-13(21)12(16)9(15)5-17-19/h2-5H,6H2,1H3,(H,18,20). The van der Waals surface area contributed by atoms with Gasteiger partial charge >= 0.3 is 0 Å². The number of anilines is 1. The summed E-state index contributed by atoms with van der Waals surface area (Å²) in [6.07, 6.45) is 1.22. The monoisotopic (exact) mass is 389 g/mol. The number of nitrogens with zero attached hydrogens (tertiary/aromatic N) is 2. The van der Waals surface area contributed by atoms with Gasteiger partial charge in [0.05, 0.1) is 16.9 Å². The average Bonchev–Trinajstić information content (AvgIpc) is 2.43. The molecule has 2 rings (SSSR count). The molecule has 5 nitrogen and oxygen atoms in total. The molecule has 1 amide bonds. The zero-order valence-corrected chi connectivity index (χ0v) is 14.0. The highest BCUT2D eigenvalue weighted by molar-refractivity contribution is 9.10. The van der Waals surface area contributed by atoms with Gasteiger partial charge in [0, 0.05) is 4.47 Å². The van der Waals surface area contributed by atoms with Gasteiger partial charge in [-0.05, 0) is 40.5 Å². The third-order valence-corrected chi connectivity index (χ3v) is 4.04. The molecule has 2 aromatic rings. The lowest BCUT2D eigenvalue weighted by atomic mass is 10.2. The van der Waals surface area contributed by atoms with Crippen molar-refractivity contribution >= 4 is 50.7 Å². The van der Waals surface area contributed by atoms with Crippen LogP contribution in [0.5, 0.6) is 0 Å². The number of nitrogens with one attached hydrogen (secondary N) is 1. The minimum Gasteiger partial charge on any atom is -0.323 e. The first-order valence-corrected chi connectivity index (χ1v) is 7.40. The van der Waals surface area contributed by atoms with E-state index in [9.17, 15) is 9.59 Å². The lowest BCUT2D eigenvalue weighted by Crippen LogP contribution is -2.29. The molecule has 21 heavy (non-hydrogen) atoms. The molecule has 0 fully saturated rings. The number of carbonyl (C=O) groups excluding carboxylic acids is 1. The second-order valence-corrected chi connectivity index (χ2v) is 5.94. The maximum absolute atomic E-state index is 12.0. The van der Waals surface area contributed by atoms with Crippen molar-refractivity contribution < 1.29 is 4.79 Å². The first kappa shape index (κ1) is 16.0. The van der Waals surface area contributed by atoms with Crippen molar-refractivity contribution in [1.82, 2.24) is 9.78 Å². The highest BCUT2D eigenvalue weighted by Crippen LogP contribution is 2.23. The van der Waals surface area contributed by atoms with Gasteiger partial charge in [-0.3, -0.25) is 9.59 Å². The fraction of sp³-hybridized carbons (Fsp3) is 0.154. The smallest absolute Gasteiger partial charge is 0.287 e. The predicted molar refractivity (Wildman–Crippen MR) is 86.0 cm³/mol. The normalized spacial score (nSPS) is 10.5. The molecule has 0 spiro atoms. The van der Waals surface area contributed by atoms with Crippen LogP contribution in [0.4, 0.5) is 5.69 Å². The zero-order valence-electron chi connectivity index (χ0n) is 10.9. The summed E-state index contributed by atoms with van der Waals surface area (Å²) in [4.78, 5) is 23.7. The minimum atomic E-state index is -0.609. The summed E-state index contributed by atoms with van der Waals surface area (Å²) in [6, 6.07) is 5.51. The predicted octanol–water partition coefficient (Wildman–Crippen LogP) is 3.26. The molecule has 0 aliphatic carbocycles. The van der Waals surface area contributed by atoms with Gasteiger partial charge in [-0.1, -0.05) is 29.3 Å². The highest BCUT2D eigenvalue weighted by atomic mass is 79.9. The zero-order chi connectivity index (χ0) is 15.6. The Bertz CT molecular complexity index is 762. The van der Waals surface area contributed by atoms with E-state index in [2.05, 4.69) is 26.3 Å². The van der Waals surface area contributed by atoms with Crippen LogP contribution in [0.1, 0.15) is 5.56 Å². The third kappa shape index (κ3) is 3.84. The molecule has 0 saturated heterocycles. The van der Waals surface area contributed by atoms with Gasteiger partial charge in [-0.25, -0.2) is 4.68 Å². The van der Waals surface area contributed by atoms with Gasteiger partial charge in [0.15, 0.2) is 0 Å². The van der Waals surface area contributed by atoms with Gasteiger partial charge in [0.2, 0.25) is 5.91 Å². The van der Waals surface area contributed by atoms with Crippen molar-refractivity contribution in [2.75, 3.05) is 5.32 Å². The number of rotatable bonds is 3. The lowest BCUT2D eigenvalue weighted by Gasteiger charge is -2.09. The van der Waals surface area contributed by atoms with E-state index in [1.165, 1.54) is 6.20 Å². The van der Waals surface area contributed by atoms with Crippen molar-refractivity contribution in [1.29, 1.82) is 0 Å². The summed E-state index contributed by atoms with van der Waals surface area (Å²) >= 11 is 14.8. The Balaban J connectivity index is 2.16. The van der Waals surface area contributed by atoms with Gasteiger partial charge < -0.3 is 5.32 Å². The molecule has 110 valence electrons. The van der Waals surface area contributed by atoms with E-state index in [4.69, 9.17) is 23.2 Å². The van der Waals surface area contributed by atoms with Crippen molar-refractivity contribution in [2.45, 2.75) is 13.5 Å². The SMILES string of the molecule is Cc1ccc(NC(=O)Cn2ncc(Cl)c(Cl)c2=O)c(Br)c1. The topological polar surface area (TPSA) is 64.0 Å². The summed E-state index contributed by atoms with van der Waals surface area (Å²) in [6.45, 7) is 1.69. The van der Waals surface area contributed by atoms with Gasteiger partial charge in [-0.15, -0.1) is 0 Å². The number of hydrogen-bond acceptors (Lipinski definition) is 3. The van der Waals surface area contributed by atoms with Crippen LogP contribution < -0.4 is 10.9 Å². The molecule has 0 bridgehead atoms. The van der Waals surface area contributed by atoms with Crippen molar-refractivity contribution in [2.24, 2.45) is 0 Å². The van der Waals surface area contributed by atoms with Crippen molar-refractivity contribution in [3.8, 4) is 0 Å². The van der Waals surface area contributed by atoms with Crippen LogP contribution in [0, 0.1) is 6.92 Å². The maximum Gasteiger partial charge on any atom is 0.287 e. The molecule has 0 radical (unpaired) electrons. The van der Waals surface area contributed by atoms with Crippen LogP contribution in [0.3, 0.4) is 0 Å². The van der Waals surface area contributed by atoms with E-state index in [-0.39, 0.29) is 16.6 Å². The van der Waals surface area contributed by atoms with Crippen LogP contribution >= 0.6 is 39.1 Å². The Morgan fingerprint density at radius 3 is 2.81 bits per heavy atom. The lowest BCUT2D eigenvalue weighted by molar-refractivity contribution is -0.117. The van der Waals surface area contributed by atoms with Gasteiger partial charge in [0.1, 0.15) is 11.6 Å². The molecule has 1 aromatic carbocycles. The van der Waals surface area contributed by atoms with Crippen LogP contribution in [0.2, 0.25) is 10.0 Å². The van der Waals surface area contributed by atoms with E-state index in [1.807, 2.05) is 19.1 Å². The van der Waals surface area contributed by atoms with E-state index >= 15 is 0 Å². The molecular weight excluding hydrogens is 381 g/mol. The van der Waals surface area contributed by atoms with Crippen molar-refractivity contribution in [3.05, 3.63) is 54.8 Å². The first-order valence-electron chi connectivity index (χ1n) is 5.85. The highest BCUT2D eigenvalue weighted by Gasteiger charge is 2.12. The van der Waals surface area contributed by atoms with E-state index in [0.717, 1.165) is 14.7 Å². The number of halogens is 3. The number of carbonyl (C=O) groups is 1. The van der Waals surface area contributed by atoms with E-state index in [0.29, 0.717) is 5.69 Å². The quantitative estimate of drug-likeness (QED) is 0.874. The van der Waals surface area contributed by atoms with Crippen LogP contribution in [-0.2, 0) is 11.3 Å². The summed E-state index contributed by atoms with van der Waals surface area (Å²) in [7, 11) is 0. The number of hydrogen-bond donors (Lipinski definition) is 1. The number of amides is 1. The Hall–Kier alpha value is -1.37. The first-order chi connectivity index (χ1) is 9.88.